The molecule has 0 saturated heterocycles. The number of nitrogens with zero attached hydrogens (tertiary/aromatic N) is 3. The molecule has 0 saturated carbocycles. The van der Waals surface area contributed by atoms with Crippen LogP contribution in [0.2, 0.25) is 0 Å². The van der Waals surface area contributed by atoms with Crippen LogP contribution < -0.4 is 10.6 Å². The van der Waals surface area contributed by atoms with E-state index in [0.717, 1.165) is 22.3 Å². The average Bonchev–Trinajstić information content (AvgIpc) is 3.41. The second-order valence-corrected chi connectivity index (χ2v) is 8.71. The minimum atomic E-state index is -1.10. The van der Waals surface area contributed by atoms with Crippen LogP contribution >= 0.6 is 0 Å². The molecule has 2 amide bonds. The van der Waals surface area contributed by atoms with Crippen molar-refractivity contribution in [3.8, 4) is 11.1 Å². The number of aromatic nitrogens is 3. The molecule has 0 radical (unpaired) electrons. The van der Waals surface area contributed by atoms with Crippen molar-refractivity contribution in [2.24, 2.45) is 5.92 Å². The van der Waals surface area contributed by atoms with E-state index in [1.54, 1.807) is 13.8 Å². The first kappa shape index (κ1) is 23.9. The van der Waals surface area contributed by atoms with Crippen LogP contribution in [0.5, 0.6) is 0 Å². The Bertz CT molecular complexity index is 1190. The Labute approximate surface area is 202 Å². The van der Waals surface area contributed by atoms with Crippen molar-refractivity contribution >= 4 is 18.0 Å². The third kappa shape index (κ3) is 5.48. The molecule has 1 aliphatic carbocycles. The van der Waals surface area contributed by atoms with E-state index in [1.165, 1.54) is 10.9 Å². The summed E-state index contributed by atoms with van der Waals surface area (Å²) in [7, 11) is 0. The first-order valence-electron chi connectivity index (χ1n) is 11.3. The predicted octanol–water partition coefficient (Wildman–Crippen LogP) is 2.54. The van der Waals surface area contributed by atoms with Crippen molar-refractivity contribution in [3.05, 3.63) is 71.5 Å². The first-order chi connectivity index (χ1) is 16.8. The summed E-state index contributed by atoms with van der Waals surface area (Å²) in [6, 6.07) is 15.2. The fourth-order valence-corrected chi connectivity index (χ4v) is 4.19. The molecule has 1 aromatic heterocycles. The first-order valence-corrected chi connectivity index (χ1v) is 11.3. The molecule has 0 bridgehead atoms. The van der Waals surface area contributed by atoms with E-state index in [2.05, 4.69) is 45.2 Å². The zero-order chi connectivity index (χ0) is 24.9. The molecule has 1 atom stereocenters. The van der Waals surface area contributed by atoms with Gasteiger partial charge in [0.15, 0.2) is 0 Å². The number of carbonyl (C=O) groups is 3. The maximum Gasteiger partial charge on any atom is 0.407 e. The quantitative estimate of drug-likeness (QED) is 0.431. The number of hydrogen-bond donors (Lipinski definition) is 3. The summed E-state index contributed by atoms with van der Waals surface area (Å²) < 4.78 is 6.78. The zero-order valence-corrected chi connectivity index (χ0v) is 19.5. The third-order valence-corrected chi connectivity index (χ3v) is 5.90. The van der Waals surface area contributed by atoms with Crippen LogP contribution in [0.25, 0.3) is 11.1 Å². The van der Waals surface area contributed by atoms with E-state index >= 15 is 0 Å². The molecule has 1 heterocycles. The second-order valence-electron chi connectivity index (χ2n) is 8.71. The molecular weight excluding hydrogens is 450 g/mol. The van der Waals surface area contributed by atoms with Gasteiger partial charge in [-0.2, -0.15) is 0 Å². The summed E-state index contributed by atoms with van der Waals surface area (Å²) in [5, 5.41) is 22.1. The molecule has 0 aliphatic heterocycles. The molecule has 10 nitrogen and oxygen atoms in total. The third-order valence-electron chi connectivity index (χ3n) is 5.90. The van der Waals surface area contributed by atoms with E-state index in [1.807, 2.05) is 24.3 Å². The molecule has 1 aliphatic rings. The van der Waals surface area contributed by atoms with Crippen LogP contribution in [-0.4, -0.2) is 50.7 Å². The summed E-state index contributed by atoms with van der Waals surface area (Å²) in [6.07, 6.45) is 0.925. The van der Waals surface area contributed by atoms with Crippen LogP contribution in [0, 0.1) is 5.92 Å². The fourth-order valence-electron chi connectivity index (χ4n) is 4.19. The molecule has 2 aromatic carbocycles. The molecule has 3 N–H and O–H groups in total. The molecule has 0 spiro atoms. The normalized spacial score (nSPS) is 13.1. The Morgan fingerprint density at radius 1 is 1.06 bits per heavy atom. The van der Waals surface area contributed by atoms with Gasteiger partial charge in [-0.05, 0) is 28.2 Å². The van der Waals surface area contributed by atoms with Gasteiger partial charge in [0.1, 0.15) is 24.9 Å². The van der Waals surface area contributed by atoms with Crippen molar-refractivity contribution in [3.63, 3.8) is 0 Å². The lowest BCUT2D eigenvalue weighted by molar-refractivity contribution is -0.143. The van der Waals surface area contributed by atoms with Gasteiger partial charge in [0.2, 0.25) is 5.91 Å². The van der Waals surface area contributed by atoms with Crippen LogP contribution in [0.15, 0.2) is 54.7 Å². The summed E-state index contributed by atoms with van der Waals surface area (Å²) in [4.78, 5) is 35.7. The summed E-state index contributed by atoms with van der Waals surface area (Å²) in [5.41, 5.74) is 5.00. The number of carbonyl (C=O) groups excluding carboxylic acids is 2. The van der Waals surface area contributed by atoms with Gasteiger partial charge in [-0.25, -0.2) is 14.3 Å². The van der Waals surface area contributed by atoms with Crippen molar-refractivity contribution in [1.29, 1.82) is 0 Å². The summed E-state index contributed by atoms with van der Waals surface area (Å²) >= 11 is 0. The largest absolute Gasteiger partial charge is 0.480 e. The van der Waals surface area contributed by atoms with Crippen molar-refractivity contribution in [1.82, 2.24) is 25.6 Å². The highest BCUT2D eigenvalue weighted by Gasteiger charge is 2.29. The highest BCUT2D eigenvalue weighted by Crippen LogP contribution is 2.44. The number of alkyl carbamates (subject to hydrolysis) is 1. The number of amides is 2. The highest BCUT2D eigenvalue weighted by atomic mass is 16.5. The Balaban J connectivity index is 1.27. The second kappa shape index (κ2) is 10.4. The highest BCUT2D eigenvalue weighted by molar-refractivity contribution is 5.83. The summed E-state index contributed by atoms with van der Waals surface area (Å²) in [6.45, 7) is 3.51. The van der Waals surface area contributed by atoms with Gasteiger partial charge < -0.3 is 20.5 Å². The molecule has 0 unspecified atom stereocenters. The van der Waals surface area contributed by atoms with Gasteiger partial charge in [0.25, 0.3) is 0 Å². The smallest absolute Gasteiger partial charge is 0.407 e. The van der Waals surface area contributed by atoms with Gasteiger partial charge >= 0.3 is 12.1 Å². The fraction of sp³-hybridized carbons (Fsp3) is 0.320. The maximum absolute atomic E-state index is 12.3. The number of carboxylic acid groups (broad SMARTS) is 1. The maximum atomic E-state index is 12.3. The molecule has 182 valence electrons. The van der Waals surface area contributed by atoms with Crippen molar-refractivity contribution in [2.45, 2.75) is 38.9 Å². The standard InChI is InChI=1S/C25H27N5O5/c1-15(2)23(24(32)33)27-22(31)13-30-12-16(28-29-30)11-26-25(34)35-14-21-19-9-5-3-7-17(19)18-8-4-6-10-20(18)21/h3-10,12,15,21,23H,11,13-14H2,1-2H3,(H,26,34)(H,27,31)(H,32,33)/t23-/m1/s1. The Kier molecular flexibility index (Phi) is 7.09. The predicted molar refractivity (Wildman–Crippen MR) is 126 cm³/mol. The number of rotatable bonds is 9. The van der Waals surface area contributed by atoms with E-state index in [0.29, 0.717) is 5.69 Å². The number of aliphatic carboxylic acids is 1. The number of ether oxygens (including phenoxy) is 1. The Hall–Kier alpha value is -4.21. The molecule has 4 rings (SSSR count). The van der Waals surface area contributed by atoms with Gasteiger partial charge in [-0.3, -0.25) is 4.79 Å². The monoisotopic (exact) mass is 477 g/mol. The van der Waals surface area contributed by atoms with E-state index in [-0.39, 0.29) is 31.5 Å². The van der Waals surface area contributed by atoms with Gasteiger partial charge in [0, 0.05) is 5.92 Å². The van der Waals surface area contributed by atoms with Crippen LogP contribution in [0.4, 0.5) is 4.79 Å². The summed E-state index contributed by atoms with van der Waals surface area (Å²) in [5.74, 6) is -1.89. The number of nitrogens with one attached hydrogen (secondary N) is 2. The Morgan fingerprint density at radius 3 is 2.29 bits per heavy atom. The van der Waals surface area contributed by atoms with E-state index in [9.17, 15) is 19.5 Å². The zero-order valence-electron chi connectivity index (χ0n) is 19.5. The molecular formula is C25H27N5O5. The van der Waals surface area contributed by atoms with Crippen molar-refractivity contribution < 1.29 is 24.2 Å². The van der Waals surface area contributed by atoms with Crippen LogP contribution in [0.3, 0.4) is 0 Å². The molecule has 10 heteroatoms. The molecule has 3 aromatic rings. The lowest BCUT2D eigenvalue weighted by Gasteiger charge is -2.17. The molecule has 35 heavy (non-hydrogen) atoms. The SMILES string of the molecule is CC(C)[C@@H](NC(=O)Cn1cc(CNC(=O)OCC2c3ccccc3-c3ccccc32)nn1)C(=O)O. The lowest BCUT2D eigenvalue weighted by atomic mass is 9.98. The minimum absolute atomic E-state index is 0.0343. The number of carboxylic acids is 1. The van der Waals surface area contributed by atoms with Gasteiger partial charge in [-0.1, -0.05) is 67.6 Å². The molecule has 0 fully saturated rings. The van der Waals surface area contributed by atoms with Crippen molar-refractivity contribution in [2.75, 3.05) is 6.61 Å². The van der Waals surface area contributed by atoms with Crippen LogP contribution in [0.1, 0.15) is 36.6 Å². The number of fused-ring (bicyclic) bond motifs is 3. The lowest BCUT2D eigenvalue weighted by Crippen LogP contribution is -2.45. The topological polar surface area (TPSA) is 135 Å². The number of benzene rings is 2. The minimum Gasteiger partial charge on any atom is -0.480 e. The van der Waals surface area contributed by atoms with Crippen LogP contribution in [-0.2, 0) is 27.4 Å². The van der Waals surface area contributed by atoms with Gasteiger partial charge in [-0.15, -0.1) is 5.10 Å². The van der Waals surface area contributed by atoms with E-state index in [4.69, 9.17) is 4.74 Å². The number of hydrogen-bond acceptors (Lipinski definition) is 6. The van der Waals surface area contributed by atoms with E-state index < -0.39 is 24.0 Å². The van der Waals surface area contributed by atoms with Gasteiger partial charge in [0.05, 0.1) is 12.7 Å². The average molecular weight is 478 g/mol. The Morgan fingerprint density at radius 2 is 1.69 bits per heavy atom.